The Bertz CT molecular complexity index is 1160. The maximum Gasteiger partial charge on any atom is 0.335 e. The minimum atomic E-state index is -0.939. The van der Waals surface area contributed by atoms with Gasteiger partial charge in [-0.15, -0.1) is 0 Å². The number of hydrogen-bond donors (Lipinski definition) is 2. The molecule has 0 atom stereocenters. The van der Waals surface area contributed by atoms with Gasteiger partial charge < -0.3 is 10.4 Å². The molecule has 30 heavy (non-hydrogen) atoms. The van der Waals surface area contributed by atoms with Crippen molar-refractivity contribution >= 4 is 23.1 Å². The quantitative estimate of drug-likeness (QED) is 0.446. The summed E-state index contributed by atoms with van der Waals surface area (Å²) in [6.07, 6.45) is 2.35. The van der Waals surface area contributed by atoms with E-state index in [-0.39, 0.29) is 5.56 Å². The van der Waals surface area contributed by atoms with Gasteiger partial charge in [0, 0.05) is 29.3 Å². The summed E-state index contributed by atoms with van der Waals surface area (Å²) in [6, 6.07) is 20.7. The van der Waals surface area contributed by atoms with E-state index in [1.54, 1.807) is 24.3 Å². The fourth-order valence-electron chi connectivity index (χ4n) is 3.26. The van der Waals surface area contributed by atoms with Crippen molar-refractivity contribution < 1.29 is 9.90 Å². The number of anilines is 2. The van der Waals surface area contributed by atoms with E-state index in [1.165, 1.54) is 12.8 Å². The van der Waals surface area contributed by atoms with E-state index in [0.717, 1.165) is 34.1 Å². The lowest BCUT2D eigenvalue weighted by atomic mass is 10.1. The molecule has 6 nitrogen and oxygen atoms in total. The second-order valence-electron chi connectivity index (χ2n) is 7.01. The number of nitrogens with zero attached hydrogens (tertiary/aromatic N) is 3. The SMILES string of the molecule is CC.O=C(O)c1ccc(Nc2cc(-c3ccccc3)nc3cc(C4CC4)nn23)cc1. The molecule has 2 aromatic heterocycles. The second-order valence-corrected chi connectivity index (χ2v) is 7.01. The molecule has 0 amide bonds. The van der Waals surface area contributed by atoms with Crippen molar-refractivity contribution in [2.45, 2.75) is 32.6 Å². The Morgan fingerprint density at radius 2 is 1.73 bits per heavy atom. The van der Waals surface area contributed by atoms with E-state index < -0.39 is 5.97 Å². The predicted octanol–water partition coefficient (Wildman–Crippen LogP) is 5.74. The van der Waals surface area contributed by atoms with Crippen molar-refractivity contribution in [3.8, 4) is 11.3 Å². The molecule has 4 aromatic rings. The zero-order chi connectivity index (χ0) is 21.1. The Kier molecular flexibility index (Phi) is 5.48. The molecule has 0 unspecified atom stereocenters. The molecule has 6 heteroatoms. The average molecular weight is 400 g/mol. The van der Waals surface area contributed by atoms with Gasteiger partial charge in [-0.25, -0.2) is 9.78 Å². The van der Waals surface area contributed by atoms with Crippen LogP contribution in [0.4, 0.5) is 11.5 Å². The molecule has 1 saturated carbocycles. The number of aromatic nitrogens is 3. The molecule has 152 valence electrons. The van der Waals surface area contributed by atoms with Gasteiger partial charge in [0.2, 0.25) is 0 Å². The molecule has 0 radical (unpaired) electrons. The van der Waals surface area contributed by atoms with Crippen molar-refractivity contribution in [1.29, 1.82) is 0 Å². The zero-order valence-corrected chi connectivity index (χ0v) is 17.0. The van der Waals surface area contributed by atoms with Crippen LogP contribution in [-0.2, 0) is 0 Å². The Morgan fingerprint density at radius 3 is 2.37 bits per heavy atom. The molecule has 2 heterocycles. The highest BCUT2D eigenvalue weighted by molar-refractivity contribution is 5.88. The molecule has 0 spiro atoms. The molecule has 0 saturated heterocycles. The summed E-state index contributed by atoms with van der Waals surface area (Å²) in [5.41, 5.74) is 4.81. The molecular formula is C24H24N4O2. The van der Waals surface area contributed by atoms with Crippen molar-refractivity contribution in [2.24, 2.45) is 0 Å². The van der Waals surface area contributed by atoms with E-state index >= 15 is 0 Å². The van der Waals surface area contributed by atoms with E-state index in [1.807, 2.05) is 54.8 Å². The Balaban J connectivity index is 0.00000106. The Hall–Kier alpha value is -3.67. The molecule has 1 aliphatic rings. The Labute approximate surface area is 175 Å². The fourth-order valence-corrected chi connectivity index (χ4v) is 3.26. The van der Waals surface area contributed by atoms with Crippen LogP contribution < -0.4 is 5.32 Å². The van der Waals surface area contributed by atoms with E-state index in [4.69, 9.17) is 15.2 Å². The lowest BCUT2D eigenvalue weighted by Crippen LogP contribution is -2.03. The fraction of sp³-hybridized carbons (Fsp3) is 0.208. The number of rotatable bonds is 5. The van der Waals surface area contributed by atoms with Crippen molar-refractivity contribution in [3.05, 3.63) is 78.0 Å². The maximum atomic E-state index is 11.1. The lowest BCUT2D eigenvalue weighted by molar-refractivity contribution is 0.0697. The third-order valence-corrected chi connectivity index (χ3v) is 4.92. The summed E-state index contributed by atoms with van der Waals surface area (Å²) < 4.78 is 1.82. The number of carbonyl (C=O) groups is 1. The number of aromatic carboxylic acids is 1. The van der Waals surface area contributed by atoms with Crippen molar-refractivity contribution in [2.75, 3.05) is 5.32 Å². The van der Waals surface area contributed by atoms with Crippen LogP contribution in [0.1, 0.15) is 48.7 Å². The van der Waals surface area contributed by atoms with Gasteiger partial charge in [-0.3, -0.25) is 0 Å². The summed E-state index contributed by atoms with van der Waals surface area (Å²) >= 11 is 0. The molecule has 5 rings (SSSR count). The summed E-state index contributed by atoms with van der Waals surface area (Å²) in [5.74, 6) is 0.383. The highest BCUT2D eigenvalue weighted by Gasteiger charge is 2.27. The van der Waals surface area contributed by atoms with Gasteiger partial charge >= 0.3 is 5.97 Å². The molecule has 2 N–H and O–H groups in total. The highest BCUT2D eigenvalue weighted by atomic mass is 16.4. The van der Waals surface area contributed by atoms with E-state index in [9.17, 15) is 4.79 Å². The maximum absolute atomic E-state index is 11.1. The topological polar surface area (TPSA) is 79.5 Å². The van der Waals surface area contributed by atoms with E-state index in [2.05, 4.69) is 11.4 Å². The first kappa shape index (κ1) is 19.6. The van der Waals surface area contributed by atoms with Gasteiger partial charge in [0.15, 0.2) is 5.65 Å². The molecular weight excluding hydrogens is 376 g/mol. The first-order valence-corrected chi connectivity index (χ1v) is 10.2. The van der Waals surface area contributed by atoms with Crippen molar-refractivity contribution in [3.63, 3.8) is 0 Å². The number of fused-ring (bicyclic) bond motifs is 1. The van der Waals surface area contributed by atoms with Crippen molar-refractivity contribution in [1.82, 2.24) is 14.6 Å². The van der Waals surface area contributed by atoms with Crippen LogP contribution in [0.15, 0.2) is 66.7 Å². The highest BCUT2D eigenvalue weighted by Crippen LogP contribution is 2.40. The zero-order valence-electron chi connectivity index (χ0n) is 17.0. The Morgan fingerprint density at radius 1 is 1.03 bits per heavy atom. The first-order chi connectivity index (χ1) is 14.7. The normalized spacial score (nSPS) is 12.9. The molecule has 2 aromatic carbocycles. The minimum absolute atomic E-state index is 0.255. The van der Waals surface area contributed by atoms with Gasteiger partial charge in [0.1, 0.15) is 5.82 Å². The molecule has 1 fully saturated rings. The first-order valence-electron chi connectivity index (χ1n) is 10.2. The van der Waals surface area contributed by atoms with Crippen LogP contribution in [-0.4, -0.2) is 25.7 Å². The average Bonchev–Trinajstić information content (AvgIpc) is 3.55. The summed E-state index contributed by atoms with van der Waals surface area (Å²) in [7, 11) is 0. The predicted molar refractivity (Wildman–Crippen MR) is 118 cm³/mol. The van der Waals surface area contributed by atoms with Crippen LogP contribution in [0.3, 0.4) is 0 Å². The standard InChI is InChI=1S/C22H18N4O2.C2H6/c27-22(28)16-8-10-17(11-9-16)23-20-12-18(14-4-2-1-3-5-14)24-21-13-19(15-6-7-15)25-26(20)21;1-2/h1-5,8-13,15,23H,6-7H2,(H,27,28);1-2H3. The van der Waals surface area contributed by atoms with Crippen LogP contribution >= 0.6 is 0 Å². The van der Waals surface area contributed by atoms with Crippen LogP contribution in [0.25, 0.3) is 16.9 Å². The molecule has 0 bridgehead atoms. The number of carboxylic acids is 1. The molecule has 1 aliphatic carbocycles. The van der Waals surface area contributed by atoms with Gasteiger partial charge in [-0.2, -0.15) is 9.61 Å². The number of nitrogens with one attached hydrogen (secondary N) is 1. The third-order valence-electron chi connectivity index (χ3n) is 4.92. The monoisotopic (exact) mass is 400 g/mol. The third kappa shape index (κ3) is 4.03. The number of carboxylic acid groups (broad SMARTS) is 1. The van der Waals surface area contributed by atoms with E-state index in [0.29, 0.717) is 5.92 Å². The van der Waals surface area contributed by atoms with Crippen LogP contribution in [0, 0.1) is 0 Å². The summed E-state index contributed by atoms with van der Waals surface area (Å²) in [5, 5.41) is 17.2. The largest absolute Gasteiger partial charge is 0.478 e. The van der Waals surface area contributed by atoms with Gasteiger partial charge in [-0.1, -0.05) is 44.2 Å². The van der Waals surface area contributed by atoms with Crippen LogP contribution in [0.5, 0.6) is 0 Å². The van der Waals surface area contributed by atoms with Crippen LogP contribution in [0.2, 0.25) is 0 Å². The smallest absolute Gasteiger partial charge is 0.335 e. The van der Waals surface area contributed by atoms with Gasteiger partial charge in [0.25, 0.3) is 0 Å². The number of hydrogen-bond acceptors (Lipinski definition) is 4. The summed E-state index contributed by atoms with van der Waals surface area (Å²) in [4.78, 5) is 15.9. The van der Waals surface area contributed by atoms with Gasteiger partial charge in [-0.05, 0) is 37.1 Å². The minimum Gasteiger partial charge on any atom is -0.478 e. The lowest BCUT2D eigenvalue weighted by Gasteiger charge is -2.11. The number of benzene rings is 2. The second kappa shape index (κ2) is 8.37. The molecule has 0 aliphatic heterocycles. The van der Waals surface area contributed by atoms with Gasteiger partial charge in [0.05, 0.1) is 17.0 Å². The summed E-state index contributed by atoms with van der Waals surface area (Å²) in [6.45, 7) is 4.00.